The molecule has 0 bridgehead atoms. The zero-order chi connectivity index (χ0) is 10.1. The van der Waals surface area contributed by atoms with Crippen LogP contribution in [0.25, 0.3) is 0 Å². The molecule has 0 aliphatic rings. The van der Waals surface area contributed by atoms with E-state index in [2.05, 4.69) is 0 Å². The number of primary sulfonamides is 1. The van der Waals surface area contributed by atoms with E-state index in [9.17, 15) is 12.6 Å². The van der Waals surface area contributed by atoms with Crippen LogP contribution in [0.15, 0.2) is 34.1 Å². The molecule has 1 rings (SSSR count). The predicted octanol–water partition coefficient (Wildman–Crippen LogP) is -0.0854. The van der Waals surface area contributed by atoms with E-state index in [4.69, 9.17) is 9.69 Å². The van der Waals surface area contributed by atoms with Gasteiger partial charge in [-0.05, 0) is 24.3 Å². The molecule has 13 heavy (non-hydrogen) atoms. The van der Waals surface area contributed by atoms with Crippen LogP contribution in [0.5, 0.6) is 0 Å². The molecule has 0 saturated carbocycles. The van der Waals surface area contributed by atoms with Gasteiger partial charge in [-0.1, -0.05) is 0 Å². The summed E-state index contributed by atoms with van der Waals surface area (Å²) in [5, 5.41) is 4.82. The molecule has 0 aliphatic heterocycles. The molecule has 0 saturated heterocycles. The second-order valence-electron chi connectivity index (χ2n) is 2.27. The normalized spacial score (nSPS) is 14.0. The molecule has 0 spiro atoms. The van der Waals surface area contributed by atoms with Crippen molar-refractivity contribution in [2.75, 3.05) is 0 Å². The van der Waals surface area contributed by atoms with Crippen molar-refractivity contribution in [2.45, 2.75) is 9.79 Å². The van der Waals surface area contributed by atoms with Gasteiger partial charge in [0.05, 0.1) is 9.79 Å². The maximum Gasteiger partial charge on any atom is 0.238 e. The summed E-state index contributed by atoms with van der Waals surface area (Å²) in [5.74, 6) is 0. The van der Waals surface area contributed by atoms with E-state index < -0.39 is 21.1 Å². The molecule has 1 atom stereocenters. The first-order chi connectivity index (χ1) is 5.91. The Balaban J connectivity index is 3.16. The van der Waals surface area contributed by atoms with E-state index in [0.717, 1.165) is 0 Å². The third-order valence-corrected chi connectivity index (χ3v) is 2.96. The minimum absolute atomic E-state index is 0.0818. The lowest BCUT2D eigenvalue weighted by molar-refractivity contribution is 0.564. The Labute approximate surface area is 77.9 Å². The third-order valence-electron chi connectivity index (χ3n) is 1.35. The number of sulfonamides is 1. The van der Waals surface area contributed by atoms with Crippen LogP contribution in [-0.2, 0) is 21.1 Å². The van der Waals surface area contributed by atoms with Crippen molar-refractivity contribution >= 4 is 21.1 Å². The lowest BCUT2D eigenvalue weighted by atomic mass is 10.4. The Morgan fingerprint density at radius 3 is 2.00 bits per heavy atom. The summed E-state index contributed by atoms with van der Waals surface area (Å²) in [7, 11) is -3.73. The van der Waals surface area contributed by atoms with Gasteiger partial charge >= 0.3 is 0 Å². The zero-order valence-electron chi connectivity index (χ0n) is 6.38. The molecule has 0 heterocycles. The van der Waals surface area contributed by atoms with Gasteiger partial charge in [-0.2, -0.15) is 0 Å². The standard InChI is InChI=1S/C6H7NO4S2/c7-13(10,11)6-3-1-5(2-4-6)12(8)9/h1-4H,(H,8,9)(H2,7,10,11). The molecule has 1 aromatic carbocycles. The molecular weight excluding hydrogens is 214 g/mol. The highest BCUT2D eigenvalue weighted by Gasteiger charge is 2.07. The number of hydrogen-bond donors (Lipinski definition) is 2. The van der Waals surface area contributed by atoms with Gasteiger partial charge in [-0.15, -0.1) is 0 Å². The van der Waals surface area contributed by atoms with E-state index in [1.807, 2.05) is 0 Å². The van der Waals surface area contributed by atoms with Crippen LogP contribution in [0.1, 0.15) is 0 Å². The van der Waals surface area contributed by atoms with Crippen LogP contribution in [-0.4, -0.2) is 17.2 Å². The largest absolute Gasteiger partial charge is 0.302 e. The molecule has 5 nitrogen and oxygen atoms in total. The minimum atomic E-state index is -3.73. The van der Waals surface area contributed by atoms with Crippen molar-refractivity contribution < 1.29 is 17.2 Å². The second kappa shape index (κ2) is 3.54. The maximum atomic E-state index is 10.8. The van der Waals surface area contributed by atoms with Gasteiger partial charge in [0.15, 0.2) is 11.1 Å². The lowest BCUT2D eigenvalue weighted by Crippen LogP contribution is -2.11. The van der Waals surface area contributed by atoms with E-state index in [-0.39, 0.29) is 9.79 Å². The summed E-state index contributed by atoms with van der Waals surface area (Å²) in [6.07, 6.45) is 0. The highest BCUT2D eigenvalue weighted by molar-refractivity contribution is 7.89. The van der Waals surface area contributed by atoms with Crippen molar-refractivity contribution in [1.82, 2.24) is 0 Å². The molecule has 0 aromatic heterocycles. The molecule has 7 heteroatoms. The smallest absolute Gasteiger partial charge is 0.238 e. The highest BCUT2D eigenvalue weighted by Crippen LogP contribution is 2.10. The van der Waals surface area contributed by atoms with Crippen LogP contribution >= 0.6 is 0 Å². The summed E-state index contributed by atoms with van der Waals surface area (Å²) in [5.41, 5.74) is 0. The van der Waals surface area contributed by atoms with Crippen LogP contribution in [0.2, 0.25) is 0 Å². The van der Waals surface area contributed by atoms with Crippen molar-refractivity contribution in [3.63, 3.8) is 0 Å². The first kappa shape index (κ1) is 10.3. The van der Waals surface area contributed by atoms with Gasteiger partial charge in [-0.3, -0.25) is 0 Å². The Morgan fingerprint density at radius 2 is 1.69 bits per heavy atom. The third kappa shape index (κ3) is 2.59. The first-order valence-corrected chi connectivity index (χ1v) is 5.80. The summed E-state index contributed by atoms with van der Waals surface area (Å²) in [4.78, 5) is 0.0501. The number of rotatable bonds is 2. The van der Waals surface area contributed by atoms with E-state index in [0.29, 0.717) is 0 Å². The van der Waals surface area contributed by atoms with Crippen LogP contribution in [0.4, 0.5) is 0 Å². The summed E-state index contributed by atoms with van der Waals surface area (Å²) in [6.45, 7) is 0. The topological polar surface area (TPSA) is 97.5 Å². The molecule has 72 valence electrons. The summed E-state index contributed by atoms with van der Waals surface area (Å²) < 4.78 is 40.6. The fraction of sp³-hybridized carbons (Fsp3) is 0. The molecule has 0 radical (unpaired) electrons. The summed E-state index contributed by atoms with van der Waals surface area (Å²) in [6, 6.07) is 4.82. The fourth-order valence-corrected chi connectivity index (χ4v) is 1.63. The number of benzene rings is 1. The van der Waals surface area contributed by atoms with E-state index in [1.165, 1.54) is 24.3 Å². The Hall–Kier alpha value is -0.760. The van der Waals surface area contributed by atoms with Gasteiger partial charge in [-0.25, -0.2) is 17.8 Å². The molecular formula is C6H7NO4S2. The maximum absolute atomic E-state index is 10.8. The van der Waals surface area contributed by atoms with Gasteiger partial charge in [0, 0.05) is 0 Å². The molecule has 0 amide bonds. The molecule has 1 unspecified atom stereocenters. The van der Waals surface area contributed by atoms with Crippen molar-refractivity contribution in [3.05, 3.63) is 24.3 Å². The highest BCUT2D eigenvalue weighted by atomic mass is 32.2. The minimum Gasteiger partial charge on any atom is -0.302 e. The average Bonchev–Trinajstić information content (AvgIpc) is 2.03. The van der Waals surface area contributed by atoms with Gasteiger partial charge in [0.2, 0.25) is 10.0 Å². The molecule has 0 aliphatic carbocycles. The first-order valence-electron chi connectivity index (χ1n) is 3.15. The van der Waals surface area contributed by atoms with Crippen LogP contribution in [0, 0.1) is 0 Å². The Kier molecular flexibility index (Phi) is 2.81. The number of nitrogens with two attached hydrogens (primary N) is 1. The van der Waals surface area contributed by atoms with Gasteiger partial charge < -0.3 is 4.55 Å². The van der Waals surface area contributed by atoms with Crippen molar-refractivity contribution in [2.24, 2.45) is 5.14 Å². The lowest BCUT2D eigenvalue weighted by Gasteiger charge is -1.98. The SMILES string of the molecule is NS(=O)(=O)c1ccc(S(=O)O)cc1. The van der Waals surface area contributed by atoms with E-state index in [1.54, 1.807) is 0 Å². The average molecular weight is 221 g/mol. The number of hydrogen-bond acceptors (Lipinski definition) is 3. The Morgan fingerprint density at radius 1 is 1.23 bits per heavy atom. The molecule has 1 aromatic rings. The second-order valence-corrected chi connectivity index (χ2v) is 4.80. The monoisotopic (exact) mass is 221 g/mol. The molecule has 0 fully saturated rings. The zero-order valence-corrected chi connectivity index (χ0v) is 8.01. The van der Waals surface area contributed by atoms with E-state index >= 15 is 0 Å². The predicted molar refractivity (Wildman–Crippen MR) is 46.9 cm³/mol. The van der Waals surface area contributed by atoms with Crippen molar-refractivity contribution in [1.29, 1.82) is 0 Å². The van der Waals surface area contributed by atoms with Crippen LogP contribution < -0.4 is 5.14 Å². The summed E-state index contributed by atoms with van der Waals surface area (Å²) >= 11 is -2.10. The van der Waals surface area contributed by atoms with Crippen LogP contribution in [0.3, 0.4) is 0 Å². The Bertz CT molecular complexity index is 422. The quantitative estimate of drug-likeness (QED) is 0.682. The molecule has 3 N–H and O–H groups in total. The van der Waals surface area contributed by atoms with Gasteiger partial charge in [0.1, 0.15) is 0 Å². The van der Waals surface area contributed by atoms with Crippen molar-refractivity contribution in [3.8, 4) is 0 Å². The fourth-order valence-electron chi connectivity index (χ4n) is 0.746. The van der Waals surface area contributed by atoms with Gasteiger partial charge in [0.25, 0.3) is 0 Å².